The van der Waals surface area contributed by atoms with E-state index >= 15 is 0 Å². The highest BCUT2D eigenvalue weighted by Gasteiger charge is 2.23. The van der Waals surface area contributed by atoms with Gasteiger partial charge in [-0.1, -0.05) is 43.7 Å². The van der Waals surface area contributed by atoms with Gasteiger partial charge >= 0.3 is 5.97 Å². The van der Waals surface area contributed by atoms with Crippen molar-refractivity contribution in [3.05, 3.63) is 35.5 Å². The van der Waals surface area contributed by atoms with Crippen molar-refractivity contribution in [3.8, 4) is 0 Å². The lowest BCUT2D eigenvalue weighted by Gasteiger charge is -2.25. The molecule has 0 saturated heterocycles. The maximum atomic E-state index is 11.2. The number of carboxylic acid groups (broad SMARTS) is 1. The molecule has 0 radical (unpaired) electrons. The monoisotopic (exact) mass is 262 g/mol. The molecule has 0 saturated carbocycles. The minimum Gasteiger partial charge on any atom is -0.481 e. The second-order valence-corrected chi connectivity index (χ2v) is 5.77. The zero-order valence-corrected chi connectivity index (χ0v) is 12.6. The molecule has 0 aliphatic heterocycles. The highest BCUT2D eigenvalue weighted by atomic mass is 16.4. The third kappa shape index (κ3) is 4.09. The highest BCUT2D eigenvalue weighted by Crippen LogP contribution is 2.34. The molecule has 1 unspecified atom stereocenters. The van der Waals surface area contributed by atoms with E-state index in [2.05, 4.69) is 32.6 Å². The number of aliphatic carboxylic acids is 1. The summed E-state index contributed by atoms with van der Waals surface area (Å²) in [7, 11) is 0. The topological polar surface area (TPSA) is 37.3 Å². The lowest BCUT2D eigenvalue weighted by molar-refractivity contribution is -0.142. The average Bonchev–Trinajstić information content (AvgIpc) is 2.31. The van der Waals surface area contributed by atoms with Crippen molar-refractivity contribution in [2.75, 3.05) is 0 Å². The minimum absolute atomic E-state index is 0.0738. The van der Waals surface area contributed by atoms with Crippen molar-refractivity contribution in [3.63, 3.8) is 0 Å². The van der Waals surface area contributed by atoms with Gasteiger partial charge < -0.3 is 5.11 Å². The minimum atomic E-state index is -0.694. The molecule has 0 spiro atoms. The fourth-order valence-corrected chi connectivity index (χ4v) is 2.74. The van der Waals surface area contributed by atoms with Gasteiger partial charge in [-0.15, -0.1) is 0 Å². The summed E-state index contributed by atoms with van der Waals surface area (Å²) in [6.45, 7) is 12.2. The quantitative estimate of drug-likeness (QED) is 0.736. The Morgan fingerprint density at radius 3 is 2.74 bits per heavy atom. The van der Waals surface area contributed by atoms with E-state index in [-0.39, 0.29) is 11.8 Å². The molecule has 1 aliphatic rings. The normalized spacial score (nSPS) is 24.7. The van der Waals surface area contributed by atoms with Crippen LogP contribution in [0.4, 0.5) is 0 Å². The van der Waals surface area contributed by atoms with Crippen LogP contribution in [0.25, 0.3) is 0 Å². The average molecular weight is 262 g/mol. The zero-order valence-electron chi connectivity index (χ0n) is 12.6. The Bertz CT molecular complexity index is 415. The van der Waals surface area contributed by atoms with Gasteiger partial charge in [-0.2, -0.15) is 0 Å². The molecule has 106 valence electrons. The molecule has 1 aliphatic carbocycles. The molecule has 1 rings (SSSR count). The Balaban J connectivity index is 2.90. The van der Waals surface area contributed by atoms with Gasteiger partial charge in [-0.25, -0.2) is 0 Å². The lowest BCUT2D eigenvalue weighted by atomic mass is 9.80. The van der Waals surface area contributed by atoms with Gasteiger partial charge in [0.2, 0.25) is 0 Å². The van der Waals surface area contributed by atoms with Crippen LogP contribution in [-0.2, 0) is 4.79 Å². The maximum absolute atomic E-state index is 11.2. The van der Waals surface area contributed by atoms with Gasteiger partial charge in [0.25, 0.3) is 0 Å². The zero-order chi connectivity index (χ0) is 14.6. The van der Waals surface area contributed by atoms with Crippen molar-refractivity contribution < 1.29 is 9.90 Å². The summed E-state index contributed by atoms with van der Waals surface area (Å²) >= 11 is 0. The van der Waals surface area contributed by atoms with E-state index in [4.69, 9.17) is 0 Å². The predicted molar refractivity (Wildman–Crippen MR) is 80.0 cm³/mol. The first kappa shape index (κ1) is 15.7. The maximum Gasteiger partial charge on any atom is 0.307 e. The molecule has 0 amide bonds. The first-order chi connectivity index (χ1) is 8.86. The molecule has 0 heterocycles. The van der Waals surface area contributed by atoms with E-state index < -0.39 is 5.97 Å². The van der Waals surface area contributed by atoms with Crippen molar-refractivity contribution in [1.29, 1.82) is 0 Å². The van der Waals surface area contributed by atoms with Crippen molar-refractivity contribution in [1.82, 2.24) is 0 Å². The SMILES string of the molecule is C=C(C)C1CC=C(C)/C(=C\[C@H](C)[C@@H](CC)C(=O)O)C1. The number of allylic oxidation sites excluding steroid dienone is 5. The molecule has 0 aromatic carbocycles. The fourth-order valence-electron chi connectivity index (χ4n) is 2.74. The molecule has 0 bridgehead atoms. The molecule has 3 atom stereocenters. The molecule has 2 nitrogen and oxygen atoms in total. The van der Waals surface area contributed by atoms with Gasteiger partial charge in [0.1, 0.15) is 0 Å². The summed E-state index contributed by atoms with van der Waals surface area (Å²) in [6, 6.07) is 0. The van der Waals surface area contributed by atoms with Gasteiger partial charge in [0.15, 0.2) is 0 Å². The second-order valence-electron chi connectivity index (χ2n) is 5.77. The Kier molecular flexibility index (Phi) is 5.59. The molecular weight excluding hydrogens is 236 g/mol. The van der Waals surface area contributed by atoms with Gasteiger partial charge in [0.05, 0.1) is 5.92 Å². The molecule has 19 heavy (non-hydrogen) atoms. The molecule has 1 N–H and O–H groups in total. The van der Waals surface area contributed by atoms with Gasteiger partial charge in [0, 0.05) is 0 Å². The molecular formula is C17H26O2. The largest absolute Gasteiger partial charge is 0.481 e. The van der Waals surface area contributed by atoms with E-state index in [0.29, 0.717) is 12.3 Å². The van der Waals surface area contributed by atoms with Crippen molar-refractivity contribution in [2.45, 2.75) is 47.0 Å². The van der Waals surface area contributed by atoms with E-state index in [1.807, 2.05) is 13.8 Å². The van der Waals surface area contributed by atoms with Crippen LogP contribution in [0.15, 0.2) is 35.5 Å². The smallest absolute Gasteiger partial charge is 0.307 e. The van der Waals surface area contributed by atoms with E-state index in [9.17, 15) is 9.90 Å². The van der Waals surface area contributed by atoms with E-state index in [0.717, 1.165) is 12.8 Å². The van der Waals surface area contributed by atoms with Crippen LogP contribution >= 0.6 is 0 Å². The van der Waals surface area contributed by atoms with Crippen LogP contribution in [0.1, 0.15) is 47.0 Å². The third-order valence-corrected chi connectivity index (χ3v) is 4.23. The van der Waals surface area contributed by atoms with Crippen LogP contribution in [-0.4, -0.2) is 11.1 Å². The van der Waals surface area contributed by atoms with Crippen LogP contribution in [0.3, 0.4) is 0 Å². The molecule has 2 heteroatoms. The third-order valence-electron chi connectivity index (χ3n) is 4.23. The summed E-state index contributed by atoms with van der Waals surface area (Å²) in [5.41, 5.74) is 3.81. The summed E-state index contributed by atoms with van der Waals surface area (Å²) < 4.78 is 0. The van der Waals surface area contributed by atoms with Crippen LogP contribution < -0.4 is 0 Å². The van der Waals surface area contributed by atoms with Crippen molar-refractivity contribution >= 4 is 5.97 Å². The number of hydrogen-bond acceptors (Lipinski definition) is 1. The van der Waals surface area contributed by atoms with Gasteiger partial charge in [-0.3, -0.25) is 4.79 Å². The summed E-state index contributed by atoms with van der Waals surface area (Å²) in [5, 5.41) is 9.22. The Morgan fingerprint density at radius 1 is 1.63 bits per heavy atom. The lowest BCUT2D eigenvalue weighted by Crippen LogP contribution is -2.20. The van der Waals surface area contributed by atoms with Crippen LogP contribution in [0.2, 0.25) is 0 Å². The van der Waals surface area contributed by atoms with Crippen LogP contribution in [0, 0.1) is 17.8 Å². The number of carbonyl (C=O) groups is 1. The molecule has 0 fully saturated rings. The number of carboxylic acids is 1. The Labute approximate surface area is 116 Å². The van der Waals surface area contributed by atoms with E-state index in [1.165, 1.54) is 16.7 Å². The second kappa shape index (κ2) is 6.74. The first-order valence-corrected chi connectivity index (χ1v) is 7.12. The predicted octanol–water partition coefficient (Wildman–Crippen LogP) is 4.59. The summed E-state index contributed by atoms with van der Waals surface area (Å²) in [5.74, 6) is -0.400. The Morgan fingerprint density at radius 2 is 2.26 bits per heavy atom. The number of hydrogen-bond donors (Lipinski definition) is 1. The van der Waals surface area contributed by atoms with Crippen LogP contribution in [0.5, 0.6) is 0 Å². The highest BCUT2D eigenvalue weighted by molar-refractivity contribution is 5.70. The standard InChI is InChI=1S/C17H26O2/c1-6-16(17(18)19)13(5)9-15-10-14(11(2)3)8-7-12(15)4/h7,9,13-14,16H,2,6,8,10H2,1,3-5H3,(H,18,19)/b15-9-/t13-,14?,16+/m0/s1. The summed E-state index contributed by atoms with van der Waals surface area (Å²) in [4.78, 5) is 11.2. The number of rotatable bonds is 5. The molecule has 0 aromatic heterocycles. The van der Waals surface area contributed by atoms with Gasteiger partial charge in [-0.05, 0) is 50.5 Å². The fraction of sp³-hybridized carbons (Fsp3) is 0.588. The first-order valence-electron chi connectivity index (χ1n) is 7.12. The van der Waals surface area contributed by atoms with E-state index in [1.54, 1.807) is 0 Å². The Hall–Kier alpha value is -1.31. The molecule has 0 aromatic rings. The summed E-state index contributed by atoms with van der Waals surface area (Å²) in [6.07, 6.45) is 7.14. The van der Waals surface area contributed by atoms with Crippen molar-refractivity contribution in [2.24, 2.45) is 17.8 Å².